The molecule has 154 valence electrons. The zero-order chi connectivity index (χ0) is 21.3. The van der Waals surface area contributed by atoms with E-state index in [9.17, 15) is 9.59 Å². The summed E-state index contributed by atoms with van der Waals surface area (Å²) in [6.45, 7) is 7.28. The van der Waals surface area contributed by atoms with Crippen molar-refractivity contribution in [1.82, 2.24) is 5.43 Å². The number of nitrogens with one attached hydrogen (secondary N) is 1. The lowest BCUT2D eigenvalue weighted by Gasteiger charge is -2.19. The van der Waals surface area contributed by atoms with E-state index in [-0.39, 0.29) is 18.3 Å². The molecule has 0 bridgehead atoms. The molecule has 0 saturated heterocycles. The van der Waals surface area contributed by atoms with Gasteiger partial charge in [-0.15, -0.1) is 11.8 Å². The molecule has 0 aliphatic rings. The van der Waals surface area contributed by atoms with Gasteiger partial charge in [-0.25, -0.2) is 10.2 Å². The fourth-order valence-corrected chi connectivity index (χ4v) is 2.85. The molecule has 2 aromatic carbocycles. The Hall–Kier alpha value is -2.80. The van der Waals surface area contributed by atoms with Crippen molar-refractivity contribution in [1.29, 1.82) is 0 Å². The molecule has 0 unspecified atom stereocenters. The van der Waals surface area contributed by atoms with Gasteiger partial charge in [-0.1, -0.05) is 17.7 Å². The fraction of sp³-hybridized carbons (Fsp3) is 0.318. The maximum atomic E-state index is 11.9. The van der Waals surface area contributed by atoms with Crippen molar-refractivity contribution in [3.63, 3.8) is 0 Å². The minimum atomic E-state index is -0.538. The molecule has 1 N–H and O–H groups in total. The lowest BCUT2D eigenvalue weighted by Crippen LogP contribution is -2.27. The Morgan fingerprint density at radius 1 is 1.07 bits per heavy atom. The molecule has 7 heteroatoms. The number of nitrogens with zero attached hydrogens (tertiary/aromatic N) is 1. The number of amides is 1. The molecular weight excluding hydrogens is 388 g/mol. The molecule has 0 fully saturated rings. The van der Waals surface area contributed by atoms with Gasteiger partial charge in [-0.3, -0.25) is 4.79 Å². The van der Waals surface area contributed by atoms with Crippen LogP contribution in [0.25, 0.3) is 0 Å². The lowest BCUT2D eigenvalue weighted by molar-refractivity contribution is -0.157. The molecule has 0 atom stereocenters. The highest BCUT2D eigenvalue weighted by atomic mass is 32.2. The zero-order valence-electron chi connectivity index (χ0n) is 17.1. The van der Waals surface area contributed by atoms with Crippen molar-refractivity contribution in [2.24, 2.45) is 5.10 Å². The van der Waals surface area contributed by atoms with E-state index in [0.717, 1.165) is 10.5 Å². The molecule has 0 aliphatic carbocycles. The number of benzene rings is 2. The summed E-state index contributed by atoms with van der Waals surface area (Å²) in [5, 5.41) is 3.96. The largest absolute Gasteiger partial charge is 0.482 e. The number of ether oxygens (including phenoxy) is 2. The second-order valence-electron chi connectivity index (χ2n) is 7.34. The van der Waals surface area contributed by atoms with Crippen molar-refractivity contribution in [3.05, 3.63) is 59.7 Å². The van der Waals surface area contributed by atoms with Gasteiger partial charge in [0.1, 0.15) is 11.4 Å². The lowest BCUT2D eigenvalue weighted by atomic mass is 10.2. The summed E-state index contributed by atoms with van der Waals surface area (Å²) in [4.78, 5) is 24.6. The number of hydrogen-bond acceptors (Lipinski definition) is 6. The Balaban J connectivity index is 1.72. The first kappa shape index (κ1) is 22.5. The molecule has 1 amide bonds. The van der Waals surface area contributed by atoms with Gasteiger partial charge < -0.3 is 9.47 Å². The van der Waals surface area contributed by atoms with Crippen LogP contribution >= 0.6 is 11.8 Å². The summed E-state index contributed by atoms with van der Waals surface area (Å²) >= 11 is 1.46. The number of hydrazone groups is 1. The third-order valence-corrected chi connectivity index (χ3v) is 4.46. The minimum Gasteiger partial charge on any atom is -0.482 e. The normalized spacial score (nSPS) is 11.3. The molecule has 29 heavy (non-hydrogen) atoms. The summed E-state index contributed by atoms with van der Waals surface area (Å²) in [7, 11) is 0. The first-order valence-electron chi connectivity index (χ1n) is 9.17. The van der Waals surface area contributed by atoms with E-state index in [2.05, 4.69) is 10.5 Å². The predicted octanol–water partition coefficient (Wildman–Crippen LogP) is 3.96. The number of carbonyl (C=O) groups is 2. The van der Waals surface area contributed by atoms with Crippen LogP contribution in [0.15, 0.2) is 58.5 Å². The van der Waals surface area contributed by atoms with Gasteiger partial charge in [0.2, 0.25) is 5.91 Å². The van der Waals surface area contributed by atoms with E-state index in [1.807, 2.05) is 31.2 Å². The average molecular weight is 415 g/mol. The van der Waals surface area contributed by atoms with Crippen LogP contribution in [0.4, 0.5) is 0 Å². The van der Waals surface area contributed by atoms with Crippen LogP contribution in [0.2, 0.25) is 0 Å². The van der Waals surface area contributed by atoms with E-state index in [4.69, 9.17) is 9.47 Å². The molecule has 0 radical (unpaired) electrons. The smallest absolute Gasteiger partial charge is 0.344 e. The SMILES string of the molecule is Cc1ccc(SCC(=O)N/N=C\c2ccc(OCC(=O)OC(C)(C)C)cc2)cc1. The second-order valence-corrected chi connectivity index (χ2v) is 8.39. The van der Waals surface area contributed by atoms with Crippen LogP contribution in [-0.2, 0) is 14.3 Å². The Morgan fingerprint density at radius 3 is 2.34 bits per heavy atom. The topological polar surface area (TPSA) is 77.0 Å². The highest BCUT2D eigenvalue weighted by Crippen LogP contribution is 2.17. The van der Waals surface area contributed by atoms with Crippen LogP contribution in [0, 0.1) is 6.92 Å². The molecule has 0 aromatic heterocycles. The molecule has 0 spiro atoms. The number of esters is 1. The van der Waals surface area contributed by atoms with Crippen LogP contribution in [-0.4, -0.2) is 36.1 Å². The second kappa shape index (κ2) is 10.7. The number of thioether (sulfide) groups is 1. The van der Waals surface area contributed by atoms with Crippen molar-refractivity contribution in [3.8, 4) is 5.75 Å². The number of rotatable bonds is 8. The van der Waals surface area contributed by atoms with E-state index in [1.165, 1.54) is 17.3 Å². The molecular formula is C22H26N2O4S. The Morgan fingerprint density at radius 2 is 1.72 bits per heavy atom. The third-order valence-electron chi connectivity index (χ3n) is 3.45. The Labute approximate surface area is 175 Å². The van der Waals surface area contributed by atoms with Gasteiger partial charge in [0.25, 0.3) is 0 Å². The van der Waals surface area contributed by atoms with Crippen molar-refractivity contribution in [2.75, 3.05) is 12.4 Å². The van der Waals surface area contributed by atoms with E-state index < -0.39 is 11.6 Å². The van der Waals surface area contributed by atoms with Crippen molar-refractivity contribution in [2.45, 2.75) is 38.2 Å². The molecule has 0 aliphatic heterocycles. The summed E-state index contributed by atoms with van der Waals surface area (Å²) in [6, 6.07) is 15.0. The number of aryl methyl sites for hydroxylation is 1. The van der Waals surface area contributed by atoms with E-state index in [1.54, 1.807) is 51.3 Å². The highest BCUT2D eigenvalue weighted by molar-refractivity contribution is 8.00. The Kier molecular flexibility index (Phi) is 8.27. The summed E-state index contributed by atoms with van der Waals surface area (Å²) in [5.74, 6) is 0.239. The molecule has 2 rings (SSSR count). The van der Waals surface area contributed by atoms with Gasteiger partial charge in [0, 0.05) is 4.90 Å². The predicted molar refractivity (Wildman–Crippen MR) is 115 cm³/mol. The third kappa shape index (κ3) is 9.30. The highest BCUT2D eigenvalue weighted by Gasteiger charge is 2.16. The fourth-order valence-electron chi connectivity index (χ4n) is 2.16. The number of hydrogen-bond donors (Lipinski definition) is 1. The summed E-state index contributed by atoms with van der Waals surface area (Å²) in [5.41, 5.74) is 3.95. The molecule has 2 aromatic rings. The maximum absolute atomic E-state index is 11.9. The zero-order valence-corrected chi connectivity index (χ0v) is 17.9. The van der Waals surface area contributed by atoms with Crippen LogP contribution in [0.5, 0.6) is 5.75 Å². The van der Waals surface area contributed by atoms with E-state index >= 15 is 0 Å². The minimum absolute atomic E-state index is 0.153. The summed E-state index contributed by atoms with van der Waals surface area (Å²) in [6.07, 6.45) is 1.55. The van der Waals surface area contributed by atoms with Gasteiger partial charge in [-0.05, 0) is 69.7 Å². The van der Waals surface area contributed by atoms with Crippen molar-refractivity contribution < 1.29 is 19.1 Å². The van der Waals surface area contributed by atoms with Gasteiger partial charge in [0.05, 0.1) is 12.0 Å². The standard InChI is InChI=1S/C22H26N2O4S/c1-16-5-11-19(12-6-16)29-15-20(25)24-23-13-17-7-9-18(10-8-17)27-14-21(26)28-22(2,3)4/h5-13H,14-15H2,1-4H3,(H,24,25)/b23-13-. The van der Waals surface area contributed by atoms with Crippen LogP contribution in [0.1, 0.15) is 31.9 Å². The summed E-state index contributed by atoms with van der Waals surface area (Å²) < 4.78 is 10.6. The van der Waals surface area contributed by atoms with Crippen LogP contribution < -0.4 is 10.2 Å². The van der Waals surface area contributed by atoms with Gasteiger partial charge in [-0.2, -0.15) is 5.10 Å². The van der Waals surface area contributed by atoms with Crippen LogP contribution in [0.3, 0.4) is 0 Å². The van der Waals surface area contributed by atoms with Gasteiger partial charge >= 0.3 is 5.97 Å². The van der Waals surface area contributed by atoms with Gasteiger partial charge in [0.15, 0.2) is 6.61 Å². The van der Waals surface area contributed by atoms with Crippen molar-refractivity contribution >= 4 is 29.9 Å². The monoisotopic (exact) mass is 414 g/mol. The first-order chi connectivity index (χ1) is 13.7. The van der Waals surface area contributed by atoms with E-state index in [0.29, 0.717) is 5.75 Å². The molecule has 6 nitrogen and oxygen atoms in total. The Bertz CT molecular complexity index is 841. The first-order valence-corrected chi connectivity index (χ1v) is 10.2. The molecule has 0 heterocycles. The quantitative estimate of drug-likeness (QED) is 0.306. The maximum Gasteiger partial charge on any atom is 0.344 e. The average Bonchev–Trinajstić information content (AvgIpc) is 2.65. The molecule has 0 saturated carbocycles. The number of carbonyl (C=O) groups excluding carboxylic acids is 2.